The summed E-state index contributed by atoms with van der Waals surface area (Å²) in [5.41, 5.74) is 21.2. The Morgan fingerprint density at radius 3 is 1.64 bits per heavy atom. The van der Waals surface area contributed by atoms with Crippen LogP contribution in [0, 0.1) is 6.92 Å². The second kappa shape index (κ2) is 19.1. The van der Waals surface area contributed by atoms with Crippen molar-refractivity contribution in [1.82, 2.24) is 0 Å². The van der Waals surface area contributed by atoms with Gasteiger partial charge in [0.15, 0.2) is 0 Å². The zero-order chi connectivity index (χ0) is 49.4. The Balaban J connectivity index is 0.937. The lowest BCUT2D eigenvalue weighted by Crippen LogP contribution is -2.30. The summed E-state index contributed by atoms with van der Waals surface area (Å²) in [5.74, 6) is 0. The summed E-state index contributed by atoms with van der Waals surface area (Å²) in [4.78, 5) is 4.95. The van der Waals surface area contributed by atoms with Crippen LogP contribution in [0.25, 0.3) is 49.7 Å². The van der Waals surface area contributed by atoms with Gasteiger partial charge in [0, 0.05) is 28.3 Å². The van der Waals surface area contributed by atoms with E-state index in [-0.39, 0.29) is 6.04 Å². The van der Waals surface area contributed by atoms with E-state index >= 15 is 0 Å². The average molecular weight is 947 g/mol. The van der Waals surface area contributed by atoms with Crippen LogP contribution in [0.3, 0.4) is 0 Å². The summed E-state index contributed by atoms with van der Waals surface area (Å²) < 4.78 is 0. The fourth-order valence-corrected chi connectivity index (χ4v) is 12.0. The van der Waals surface area contributed by atoms with Crippen molar-refractivity contribution in [1.29, 1.82) is 0 Å². The van der Waals surface area contributed by atoms with Crippen molar-refractivity contribution in [2.24, 2.45) is 0 Å². The van der Waals surface area contributed by atoms with Gasteiger partial charge in [-0.1, -0.05) is 237 Å². The number of allylic oxidation sites excluding steroid dienone is 2. The number of rotatable bonds is 11. The van der Waals surface area contributed by atoms with E-state index in [1.54, 1.807) is 0 Å². The Labute approximate surface area is 435 Å². The van der Waals surface area contributed by atoms with Gasteiger partial charge >= 0.3 is 0 Å². The second-order valence-electron chi connectivity index (χ2n) is 19.6. The van der Waals surface area contributed by atoms with Gasteiger partial charge in [-0.05, 0) is 145 Å². The number of fused-ring (bicyclic) bond motifs is 4. The molecule has 0 heterocycles. The SMILES string of the molecule is Cc1cccc2c1-c1ccc(N(c3cccc(-c4ccc(C5=CCC(N(c6ccccc6)c6ccccc6)C=C5)cc4)c3)c3ccc4ccccc4c3-c3ccccc3)cc1C2(c1ccccc1)c1ccccc1. The van der Waals surface area contributed by atoms with E-state index in [2.05, 4.69) is 308 Å². The predicted molar refractivity (Wildman–Crippen MR) is 312 cm³/mol. The topological polar surface area (TPSA) is 6.48 Å². The predicted octanol–water partition coefficient (Wildman–Crippen LogP) is 18.9. The van der Waals surface area contributed by atoms with Crippen LogP contribution in [0.4, 0.5) is 28.4 Å². The van der Waals surface area contributed by atoms with Gasteiger partial charge in [-0.25, -0.2) is 0 Å². The van der Waals surface area contributed by atoms with E-state index in [0.717, 1.165) is 29.0 Å². The molecular formula is C72H54N2. The summed E-state index contributed by atoms with van der Waals surface area (Å²) in [6, 6.07) is 101. The van der Waals surface area contributed by atoms with Crippen molar-refractivity contribution in [2.75, 3.05) is 9.80 Å². The second-order valence-corrected chi connectivity index (χ2v) is 19.6. The summed E-state index contributed by atoms with van der Waals surface area (Å²) in [5, 5.41) is 2.42. The van der Waals surface area contributed by atoms with Crippen LogP contribution in [-0.4, -0.2) is 6.04 Å². The summed E-state index contributed by atoms with van der Waals surface area (Å²) in [6.45, 7) is 2.26. The highest BCUT2D eigenvalue weighted by molar-refractivity contribution is 6.06. The molecule has 0 spiro atoms. The molecule has 2 aliphatic carbocycles. The zero-order valence-electron chi connectivity index (χ0n) is 41.4. The summed E-state index contributed by atoms with van der Waals surface area (Å²) >= 11 is 0. The van der Waals surface area contributed by atoms with Crippen molar-refractivity contribution < 1.29 is 0 Å². The fraction of sp³-hybridized carbons (Fsp3) is 0.0556. The molecule has 74 heavy (non-hydrogen) atoms. The molecule has 0 aliphatic heterocycles. The Hall–Kier alpha value is -9.24. The Morgan fingerprint density at radius 1 is 0.405 bits per heavy atom. The van der Waals surface area contributed by atoms with E-state index < -0.39 is 5.41 Å². The largest absolute Gasteiger partial charge is 0.334 e. The maximum atomic E-state index is 2.51. The molecule has 0 N–H and O–H groups in total. The van der Waals surface area contributed by atoms with Gasteiger partial charge in [0.25, 0.3) is 0 Å². The first-order chi connectivity index (χ1) is 36.6. The molecule has 0 fully saturated rings. The van der Waals surface area contributed by atoms with Crippen LogP contribution in [0.5, 0.6) is 0 Å². The summed E-state index contributed by atoms with van der Waals surface area (Å²) in [6.07, 6.45) is 7.96. The molecule has 2 nitrogen and oxygen atoms in total. The van der Waals surface area contributed by atoms with E-state index in [1.807, 2.05) is 0 Å². The standard InChI is InChI=1S/C72H54N2/c1-51-21-19-36-67-70(51)66-47-46-64(50-68(66)72(67,58-26-9-3-10-27-58)59-28-11-4-12-29-59)74(69-48-43-55-22-17-18-35-65(55)71(69)56-23-7-2-8-24-56)63-34-20-25-57(49-63)54-39-37-52(38-40-54)53-41-44-62(45-42-53)73(60-30-13-5-14-31-60)61-32-15-6-16-33-61/h2-44,46-50,62H,45H2,1H3. The van der Waals surface area contributed by atoms with Crippen molar-refractivity contribution in [3.8, 4) is 33.4 Å². The highest BCUT2D eigenvalue weighted by Crippen LogP contribution is 2.58. The van der Waals surface area contributed by atoms with Crippen LogP contribution >= 0.6 is 0 Å². The third-order valence-corrected chi connectivity index (χ3v) is 15.4. The minimum absolute atomic E-state index is 0.205. The monoisotopic (exact) mass is 946 g/mol. The van der Waals surface area contributed by atoms with Crippen LogP contribution < -0.4 is 9.80 Å². The molecular weight excluding hydrogens is 893 g/mol. The fourth-order valence-electron chi connectivity index (χ4n) is 12.0. The normalized spacial score (nSPS) is 14.2. The number of para-hydroxylation sites is 2. The lowest BCUT2D eigenvalue weighted by molar-refractivity contribution is 0.768. The number of benzene rings is 11. The van der Waals surface area contributed by atoms with Gasteiger partial charge in [0.2, 0.25) is 0 Å². The molecule has 11 aromatic carbocycles. The highest BCUT2D eigenvalue weighted by Gasteiger charge is 2.47. The third kappa shape index (κ3) is 7.75. The lowest BCUT2D eigenvalue weighted by Gasteiger charge is -2.35. The minimum atomic E-state index is -0.552. The average Bonchev–Trinajstić information content (AvgIpc) is 3.83. The molecule has 0 radical (unpaired) electrons. The van der Waals surface area contributed by atoms with Gasteiger partial charge in [-0.2, -0.15) is 0 Å². The number of aryl methyl sites for hydroxylation is 1. The number of nitrogens with zero attached hydrogens (tertiary/aromatic N) is 2. The van der Waals surface area contributed by atoms with Crippen molar-refractivity contribution in [2.45, 2.75) is 24.8 Å². The van der Waals surface area contributed by atoms with E-state index in [1.165, 1.54) is 88.9 Å². The smallest absolute Gasteiger partial charge is 0.0714 e. The number of hydrogen-bond acceptors (Lipinski definition) is 2. The van der Waals surface area contributed by atoms with Crippen molar-refractivity contribution >= 4 is 44.8 Å². The molecule has 2 aliphatic rings. The molecule has 0 aromatic heterocycles. The van der Waals surface area contributed by atoms with Crippen LogP contribution in [-0.2, 0) is 5.41 Å². The van der Waals surface area contributed by atoms with E-state index in [9.17, 15) is 0 Å². The maximum absolute atomic E-state index is 2.51. The maximum Gasteiger partial charge on any atom is 0.0714 e. The molecule has 0 amide bonds. The number of hydrogen-bond donors (Lipinski definition) is 0. The molecule has 0 saturated heterocycles. The quantitative estimate of drug-likeness (QED) is 0.127. The molecule has 11 aromatic rings. The van der Waals surface area contributed by atoms with Crippen LogP contribution in [0.15, 0.2) is 291 Å². The molecule has 1 unspecified atom stereocenters. The molecule has 13 rings (SSSR count). The highest BCUT2D eigenvalue weighted by atomic mass is 15.2. The molecule has 1 atom stereocenters. The minimum Gasteiger partial charge on any atom is -0.334 e. The first kappa shape index (κ1) is 44.7. The van der Waals surface area contributed by atoms with Crippen molar-refractivity contribution in [3.05, 3.63) is 325 Å². The van der Waals surface area contributed by atoms with E-state index in [4.69, 9.17) is 0 Å². The third-order valence-electron chi connectivity index (χ3n) is 15.4. The Kier molecular flexibility index (Phi) is 11.5. The van der Waals surface area contributed by atoms with E-state index in [0.29, 0.717) is 0 Å². The summed E-state index contributed by atoms with van der Waals surface area (Å²) in [7, 11) is 0. The van der Waals surface area contributed by atoms with Gasteiger partial charge in [0.05, 0.1) is 17.1 Å². The Morgan fingerprint density at radius 2 is 0.973 bits per heavy atom. The molecule has 0 saturated carbocycles. The van der Waals surface area contributed by atoms with Gasteiger partial charge < -0.3 is 9.80 Å². The molecule has 352 valence electrons. The van der Waals surface area contributed by atoms with Gasteiger partial charge in [-0.3, -0.25) is 0 Å². The van der Waals surface area contributed by atoms with Crippen LogP contribution in [0.2, 0.25) is 0 Å². The number of anilines is 5. The van der Waals surface area contributed by atoms with Crippen molar-refractivity contribution in [3.63, 3.8) is 0 Å². The molecule has 0 bridgehead atoms. The first-order valence-corrected chi connectivity index (χ1v) is 25.9. The van der Waals surface area contributed by atoms with Gasteiger partial charge in [-0.15, -0.1) is 0 Å². The molecule has 2 heteroatoms. The van der Waals surface area contributed by atoms with Gasteiger partial charge in [0.1, 0.15) is 0 Å². The van der Waals surface area contributed by atoms with Crippen LogP contribution in [0.1, 0.15) is 39.8 Å². The Bertz CT molecular complexity index is 3780. The lowest BCUT2D eigenvalue weighted by atomic mass is 9.67. The first-order valence-electron chi connectivity index (χ1n) is 25.9. The zero-order valence-corrected chi connectivity index (χ0v) is 41.4.